The summed E-state index contributed by atoms with van der Waals surface area (Å²) < 4.78 is 5.35. The zero-order valence-corrected chi connectivity index (χ0v) is 24.0. The van der Waals surface area contributed by atoms with Crippen LogP contribution in [0.2, 0.25) is 0 Å². The number of aromatic nitrogens is 3. The Morgan fingerprint density at radius 2 is 1.79 bits per heavy atom. The first-order chi connectivity index (χ1) is 16.6. The molecule has 2 aromatic carbocycles. The number of H-pyrrole nitrogens is 2. The van der Waals surface area contributed by atoms with E-state index in [1.54, 1.807) is 6.07 Å². The molecule has 10 heteroatoms. The topological polar surface area (TPSA) is 97.4 Å². The van der Waals surface area contributed by atoms with Gasteiger partial charge in [0.25, 0.3) is 0 Å². The molecule has 6 nitrogen and oxygen atoms in total. The molecule has 1 atom stereocenters. The van der Waals surface area contributed by atoms with Gasteiger partial charge < -0.3 is 0 Å². The summed E-state index contributed by atoms with van der Waals surface area (Å²) in [4.78, 5) is 24.6. The molecule has 4 rings (SSSR count). The molecule has 174 valence electrons. The number of nitrogens with zero attached hydrogens (tertiary/aromatic N) is 2. The predicted octanol–water partition coefficient (Wildman–Crippen LogP) is 6.43. The number of carbonyl (C=O) groups excluding carboxylic acids is 1. The van der Waals surface area contributed by atoms with Crippen molar-refractivity contribution < 1.29 is 4.79 Å². The van der Waals surface area contributed by atoms with E-state index in [4.69, 9.17) is 4.98 Å². The Morgan fingerprint density at radius 3 is 2.44 bits per heavy atom. The SMILES string of the molecule is N#CI(c1ccccc1)[S+](c1ccccc1)c1ncc(CCCNC(=O)c2cc(Br)c(Br)[nH]2)[nH]1. The molecule has 0 radical (unpaired) electrons. The van der Waals surface area contributed by atoms with Crippen LogP contribution in [-0.4, -0.2) is 27.4 Å². The van der Waals surface area contributed by atoms with Crippen LogP contribution < -0.4 is 5.32 Å². The average molecular weight is 714 g/mol. The molecule has 4 aromatic rings. The van der Waals surface area contributed by atoms with Crippen LogP contribution in [0.1, 0.15) is 22.6 Å². The molecule has 0 aliphatic heterocycles. The van der Waals surface area contributed by atoms with Crippen LogP contribution in [0.15, 0.2) is 92.1 Å². The number of amides is 1. The predicted molar refractivity (Wildman–Crippen MR) is 151 cm³/mol. The van der Waals surface area contributed by atoms with Gasteiger partial charge >= 0.3 is 193 Å². The van der Waals surface area contributed by atoms with Crippen LogP contribution in [0.5, 0.6) is 0 Å². The molecule has 2 heterocycles. The fourth-order valence-electron chi connectivity index (χ4n) is 3.17. The van der Waals surface area contributed by atoms with E-state index >= 15 is 0 Å². The van der Waals surface area contributed by atoms with Gasteiger partial charge in [0.05, 0.1) is 0 Å². The molecular formula is C24H21Br2IN5OS+. The summed E-state index contributed by atoms with van der Waals surface area (Å²) in [6.07, 6.45) is 3.38. The van der Waals surface area contributed by atoms with Gasteiger partial charge in [-0.3, -0.25) is 0 Å². The van der Waals surface area contributed by atoms with Crippen molar-refractivity contribution in [3.8, 4) is 4.08 Å². The fraction of sp³-hybridized carbons (Fsp3) is 0.125. The zero-order valence-electron chi connectivity index (χ0n) is 17.9. The monoisotopic (exact) mass is 712 g/mol. The maximum absolute atomic E-state index is 12.3. The van der Waals surface area contributed by atoms with E-state index in [9.17, 15) is 10.1 Å². The van der Waals surface area contributed by atoms with Gasteiger partial charge in [-0.1, -0.05) is 0 Å². The number of nitrogens with one attached hydrogen (secondary N) is 3. The Balaban J connectivity index is 1.44. The van der Waals surface area contributed by atoms with Crippen LogP contribution in [0.25, 0.3) is 0 Å². The van der Waals surface area contributed by atoms with Crippen LogP contribution in [0.4, 0.5) is 0 Å². The third-order valence-electron chi connectivity index (χ3n) is 4.77. The summed E-state index contributed by atoms with van der Waals surface area (Å²) in [5.74, 6) is -0.145. The molecule has 2 aromatic heterocycles. The van der Waals surface area contributed by atoms with Gasteiger partial charge in [0.15, 0.2) is 0 Å². The van der Waals surface area contributed by atoms with Crippen LogP contribution >= 0.6 is 50.3 Å². The summed E-state index contributed by atoms with van der Waals surface area (Å²) in [6.45, 7) is 0.548. The van der Waals surface area contributed by atoms with Crippen molar-refractivity contribution in [3.63, 3.8) is 0 Å². The summed E-state index contributed by atoms with van der Waals surface area (Å²) in [7, 11) is -0.413. The first kappa shape index (κ1) is 25.0. The number of halogens is 3. The molecule has 0 saturated heterocycles. The Morgan fingerprint density at radius 1 is 1.09 bits per heavy atom. The minimum atomic E-state index is -2.26. The van der Waals surface area contributed by atoms with E-state index in [0.717, 1.165) is 41.2 Å². The molecule has 0 saturated carbocycles. The van der Waals surface area contributed by atoms with Gasteiger partial charge in [-0.2, -0.15) is 0 Å². The van der Waals surface area contributed by atoms with Gasteiger partial charge in [0.2, 0.25) is 0 Å². The molecular weight excluding hydrogens is 693 g/mol. The number of imidazole rings is 1. The van der Waals surface area contributed by atoms with Crippen molar-refractivity contribution in [2.75, 3.05) is 6.54 Å². The number of aromatic amines is 2. The average Bonchev–Trinajstić information content (AvgIpc) is 3.47. The van der Waals surface area contributed by atoms with E-state index in [0.29, 0.717) is 12.2 Å². The Bertz CT molecular complexity index is 1270. The van der Waals surface area contributed by atoms with Crippen molar-refractivity contribution in [1.82, 2.24) is 20.3 Å². The normalized spacial score (nSPS) is 12.1. The molecule has 34 heavy (non-hydrogen) atoms. The molecule has 0 fully saturated rings. The Hall–Kier alpha value is -2.07. The van der Waals surface area contributed by atoms with Gasteiger partial charge in [-0.15, -0.1) is 0 Å². The Labute approximate surface area is 223 Å². The van der Waals surface area contributed by atoms with Crippen molar-refractivity contribution in [2.45, 2.75) is 22.9 Å². The second kappa shape index (κ2) is 12.1. The Kier molecular flexibility index (Phi) is 8.88. The number of benzene rings is 2. The third kappa shape index (κ3) is 6.13. The molecule has 0 bridgehead atoms. The second-order valence-corrected chi connectivity index (χ2v) is 18.0. The van der Waals surface area contributed by atoms with Gasteiger partial charge in [0, 0.05) is 0 Å². The van der Waals surface area contributed by atoms with Crippen molar-refractivity contribution in [2.24, 2.45) is 0 Å². The molecule has 3 N–H and O–H groups in total. The summed E-state index contributed by atoms with van der Waals surface area (Å²) in [6, 6.07) is 22.0. The van der Waals surface area contributed by atoms with E-state index in [-0.39, 0.29) is 5.91 Å². The standard InChI is InChI=1S/C24H20Br2IN5OS/c25-20-14-21(32-22(20)26)23(33)29-13-7-10-18-15-30-24(31-18)34(19-11-5-2-6-12-19)27(16-28)17-8-3-1-4-9-17/h1-6,8-9,11-12,14-15H,7,10,13H2,(H2-,29,30,31,32,33)/p+1. The third-order valence-corrected chi connectivity index (χ3v) is 17.5. The number of hydrogen-bond acceptors (Lipinski definition) is 3. The van der Waals surface area contributed by atoms with Gasteiger partial charge in [-0.05, 0) is 31.9 Å². The first-order valence-electron chi connectivity index (χ1n) is 10.4. The summed E-state index contributed by atoms with van der Waals surface area (Å²) >= 11 is 4.46. The van der Waals surface area contributed by atoms with Crippen LogP contribution in [-0.2, 0) is 14.5 Å². The second-order valence-electron chi connectivity index (χ2n) is 7.12. The number of rotatable bonds is 9. The quantitative estimate of drug-likeness (QED) is 0.106. The number of hydrogen-bond donors (Lipinski definition) is 3. The molecule has 0 aliphatic rings. The van der Waals surface area contributed by atoms with E-state index < -0.39 is 26.5 Å². The van der Waals surface area contributed by atoms with Crippen molar-refractivity contribution >= 4 is 64.3 Å². The van der Waals surface area contributed by atoms with E-state index in [1.165, 1.54) is 0 Å². The molecule has 1 amide bonds. The molecule has 0 aliphatic carbocycles. The number of aryl methyl sites for hydroxylation is 1. The summed E-state index contributed by atoms with van der Waals surface area (Å²) in [5.41, 5.74) is 1.51. The number of carbonyl (C=O) groups is 1. The number of nitriles is 1. The van der Waals surface area contributed by atoms with E-state index in [2.05, 4.69) is 75.5 Å². The molecule has 0 spiro atoms. The first-order valence-corrected chi connectivity index (χ1v) is 17.9. The fourth-order valence-corrected chi connectivity index (χ4v) is 13.9. The minimum absolute atomic E-state index is 0.145. The zero-order chi connectivity index (χ0) is 23.9. The van der Waals surface area contributed by atoms with Gasteiger partial charge in [0.1, 0.15) is 0 Å². The van der Waals surface area contributed by atoms with Crippen molar-refractivity contribution in [3.05, 3.63) is 97.0 Å². The molecule has 1 unspecified atom stereocenters. The summed E-state index contributed by atoms with van der Waals surface area (Å²) in [5, 5.41) is 14.0. The van der Waals surface area contributed by atoms with E-state index in [1.807, 2.05) is 42.6 Å². The van der Waals surface area contributed by atoms with Crippen molar-refractivity contribution in [1.29, 1.82) is 5.26 Å². The van der Waals surface area contributed by atoms with Crippen LogP contribution in [0, 0.1) is 12.9 Å². The maximum atomic E-state index is 12.3. The van der Waals surface area contributed by atoms with Crippen LogP contribution in [0.3, 0.4) is 0 Å². The van der Waals surface area contributed by atoms with Gasteiger partial charge in [-0.25, -0.2) is 0 Å².